The molecule has 0 fully saturated rings. The molecular formula is C25H22N4O3S. The summed E-state index contributed by atoms with van der Waals surface area (Å²) >= 11 is 1.39. The van der Waals surface area contributed by atoms with Crippen molar-refractivity contribution in [2.75, 3.05) is 19.5 Å². The lowest BCUT2D eigenvalue weighted by atomic mass is 10.2. The molecule has 0 spiro atoms. The van der Waals surface area contributed by atoms with Gasteiger partial charge in [-0.25, -0.2) is 9.97 Å². The second-order valence-electron chi connectivity index (χ2n) is 7.49. The minimum absolute atomic E-state index is 0.168. The van der Waals surface area contributed by atoms with Gasteiger partial charge in [0, 0.05) is 11.5 Å². The van der Waals surface area contributed by atoms with Crippen LogP contribution in [0.1, 0.15) is 6.92 Å². The van der Waals surface area contributed by atoms with E-state index in [1.165, 1.54) is 11.8 Å². The van der Waals surface area contributed by atoms with Crippen molar-refractivity contribution >= 4 is 50.9 Å². The summed E-state index contributed by atoms with van der Waals surface area (Å²) in [6.07, 6.45) is 0. The van der Waals surface area contributed by atoms with Crippen LogP contribution in [0.25, 0.3) is 27.6 Å². The lowest BCUT2D eigenvalue weighted by molar-refractivity contribution is -0.115. The molecule has 2 aromatic heterocycles. The van der Waals surface area contributed by atoms with E-state index in [4.69, 9.17) is 19.4 Å². The minimum Gasteiger partial charge on any atom is -0.497 e. The van der Waals surface area contributed by atoms with Crippen molar-refractivity contribution in [1.82, 2.24) is 14.4 Å². The Bertz CT molecular complexity index is 1500. The Morgan fingerprint density at radius 3 is 2.52 bits per heavy atom. The molecule has 5 aromatic rings. The number of para-hydroxylation sites is 3. The van der Waals surface area contributed by atoms with Gasteiger partial charge in [0.2, 0.25) is 5.91 Å². The molecule has 0 saturated heterocycles. The van der Waals surface area contributed by atoms with Crippen molar-refractivity contribution in [3.8, 4) is 11.5 Å². The van der Waals surface area contributed by atoms with E-state index in [9.17, 15) is 4.79 Å². The van der Waals surface area contributed by atoms with Crippen molar-refractivity contribution in [2.24, 2.45) is 0 Å². The van der Waals surface area contributed by atoms with Crippen LogP contribution in [0, 0.1) is 0 Å². The molecule has 0 aliphatic carbocycles. The molecule has 33 heavy (non-hydrogen) atoms. The summed E-state index contributed by atoms with van der Waals surface area (Å²) in [7, 11) is 3.15. The fraction of sp³-hybridized carbons (Fsp3) is 0.160. The number of hydrogen-bond acceptors (Lipinski definition) is 6. The molecule has 5 rings (SSSR count). The van der Waals surface area contributed by atoms with Gasteiger partial charge in [0.25, 0.3) is 0 Å². The maximum Gasteiger partial charge on any atom is 0.237 e. The van der Waals surface area contributed by atoms with Crippen LogP contribution in [0.5, 0.6) is 11.5 Å². The van der Waals surface area contributed by atoms with Gasteiger partial charge in [0.05, 0.1) is 41.7 Å². The molecule has 3 aromatic carbocycles. The number of amides is 1. The third-order valence-corrected chi connectivity index (χ3v) is 6.48. The predicted octanol–water partition coefficient (Wildman–Crippen LogP) is 5.17. The summed E-state index contributed by atoms with van der Waals surface area (Å²) in [6, 6.07) is 21.1. The largest absolute Gasteiger partial charge is 0.497 e. The van der Waals surface area contributed by atoms with Gasteiger partial charge in [-0.1, -0.05) is 36.0 Å². The highest BCUT2D eigenvalue weighted by Crippen LogP contribution is 2.33. The molecule has 1 unspecified atom stereocenters. The Morgan fingerprint density at radius 1 is 0.970 bits per heavy atom. The van der Waals surface area contributed by atoms with Gasteiger partial charge in [-0.3, -0.25) is 9.20 Å². The van der Waals surface area contributed by atoms with Crippen LogP contribution in [-0.2, 0) is 4.79 Å². The molecule has 0 radical (unpaired) electrons. The number of carbonyl (C=O) groups is 1. The number of nitrogens with zero attached hydrogens (tertiary/aromatic N) is 3. The number of anilines is 1. The third-order valence-electron chi connectivity index (χ3n) is 5.43. The topological polar surface area (TPSA) is 77.8 Å². The molecular weight excluding hydrogens is 436 g/mol. The van der Waals surface area contributed by atoms with Crippen molar-refractivity contribution in [3.05, 3.63) is 66.7 Å². The van der Waals surface area contributed by atoms with Crippen LogP contribution in [0.15, 0.2) is 71.9 Å². The summed E-state index contributed by atoms with van der Waals surface area (Å²) < 4.78 is 12.7. The fourth-order valence-corrected chi connectivity index (χ4v) is 4.67. The van der Waals surface area contributed by atoms with E-state index in [2.05, 4.69) is 5.32 Å². The first-order valence-corrected chi connectivity index (χ1v) is 11.3. The van der Waals surface area contributed by atoms with Gasteiger partial charge in [0.1, 0.15) is 17.1 Å². The molecule has 1 atom stereocenters. The molecule has 8 heteroatoms. The normalized spacial score (nSPS) is 12.2. The summed E-state index contributed by atoms with van der Waals surface area (Å²) in [5, 5.41) is 4.20. The van der Waals surface area contributed by atoms with Crippen LogP contribution >= 0.6 is 11.8 Å². The predicted molar refractivity (Wildman–Crippen MR) is 131 cm³/mol. The Morgan fingerprint density at radius 2 is 1.73 bits per heavy atom. The zero-order valence-electron chi connectivity index (χ0n) is 18.4. The maximum atomic E-state index is 13.1. The molecule has 0 bridgehead atoms. The van der Waals surface area contributed by atoms with Crippen LogP contribution in [0.4, 0.5) is 5.69 Å². The monoisotopic (exact) mass is 458 g/mol. The van der Waals surface area contributed by atoms with Crippen LogP contribution in [0.2, 0.25) is 0 Å². The molecule has 0 aliphatic rings. The number of imidazole rings is 1. The van der Waals surface area contributed by atoms with Crippen molar-refractivity contribution in [1.29, 1.82) is 0 Å². The van der Waals surface area contributed by atoms with Crippen LogP contribution in [0.3, 0.4) is 0 Å². The SMILES string of the molecule is COc1ccc(OC)c(NC(=O)C(C)Sc2nc3ccccc3c3nc4ccccc4n23)c1. The van der Waals surface area contributed by atoms with Crippen molar-refractivity contribution in [2.45, 2.75) is 17.3 Å². The van der Waals surface area contributed by atoms with Gasteiger partial charge >= 0.3 is 0 Å². The number of carbonyl (C=O) groups excluding carboxylic acids is 1. The Balaban J connectivity index is 1.53. The molecule has 1 N–H and O–H groups in total. The number of hydrogen-bond donors (Lipinski definition) is 1. The highest BCUT2D eigenvalue weighted by Gasteiger charge is 2.21. The summed E-state index contributed by atoms with van der Waals surface area (Å²) in [5.41, 5.74) is 4.06. The molecule has 0 saturated carbocycles. The Labute approximate surface area is 194 Å². The van der Waals surface area contributed by atoms with Gasteiger partial charge in [-0.2, -0.15) is 0 Å². The smallest absolute Gasteiger partial charge is 0.237 e. The number of benzene rings is 3. The first-order chi connectivity index (χ1) is 16.1. The molecule has 166 valence electrons. The number of aromatic nitrogens is 3. The number of methoxy groups -OCH3 is 2. The van der Waals surface area contributed by atoms with E-state index in [-0.39, 0.29) is 5.91 Å². The molecule has 1 amide bonds. The number of fused-ring (bicyclic) bond motifs is 5. The average Bonchev–Trinajstić information content (AvgIpc) is 3.24. The molecule has 0 aliphatic heterocycles. The summed E-state index contributed by atoms with van der Waals surface area (Å²) in [5.74, 6) is 1.03. The van der Waals surface area contributed by atoms with E-state index in [0.717, 1.165) is 27.6 Å². The average molecular weight is 459 g/mol. The highest BCUT2D eigenvalue weighted by atomic mass is 32.2. The lowest BCUT2D eigenvalue weighted by Gasteiger charge is -2.16. The van der Waals surface area contributed by atoms with Crippen LogP contribution in [-0.4, -0.2) is 39.7 Å². The molecule has 2 heterocycles. The zero-order chi connectivity index (χ0) is 22.9. The van der Waals surface area contributed by atoms with Gasteiger partial charge in [-0.15, -0.1) is 0 Å². The first kappa shape index (κ1) is 21.1. The van der Waals surface area contributed by atoms with Crippen LogP contribution < -0.4 is 14.8 Å². The highest BCUT2D eigenvalue weighted by molar-refractivity contribution is 8.00. The van der Waals surface area contributed by atoms with Crippen molar-refractivity contribution in [3.63, 3.8) is 0 Å². The Kier molecular flexibility index (Phi) is 5.51. The first-order valence-electron chi connectivity index (χ1n) is 10.4. The summed E-state index contributed by atoms with van der Waals surface area (Å²) in [4.78, 5) is 22.8. The van der Waals surface area contributed by atoms with E-state index < -0.39 is 5.25 Å². The van der Waals surface area contributed by atoms with Gasteiger partial charge in [-0.05, 0) is 43.3 Å². The van der Waals surface area contributed by atoms with Gasteiger partial charge < -0.3 is 14.8 Å². The van der Waals surface area contributed by atoms with E-state index >= 15 is 0 Å². The summed E-state index contributed by atoms with van der Waals surface area (Å²) in [6.45, 7) is 1.86. The number of thioether (sulfide) groups is 1. The Hall–Kier alpha value is -3.78. The number of nitrogens with one attached hydrogen (secondary N) is 1. The lowest BCUT2D eigenvalue weighted by Crippen LogP contribution is -2.23. The zero-order valence-corrected chi connectivity index (χ0v) is 19.2. The standard InChI is InChI=1S/C25H22N4O3S/c1-15(24(30)27-20-14-16(31-2)12-13-22(20)32-3)33-25-28-18-9-5-4-8-17(18)23-26-19-10-6-7-11-21(19)29(23)25/h4-15H,1-3H3,(H,27,30). The minimum atomic E-state index is -0.432. The second-order valence-corrected chi connectivity index (χ2v) is 8.79. The fourth-order valence-electron chi connectivity index (χ4n) is 3.75. The van der Waals surface area contributed by atoms with Gasteiger partial charge in [0.15, 0.2) is 5.16 Å². The number of rotatable bonds is 6. The van der Waals surface area contributed by atoms with E-state index in [1.54, 1.807) is 32.4 Å². The second kappa shape index (κ2) is 8.63. The third kappa shape index (κ3) is 3.82. The molecule has 7 nitrogen and oxygen atoms in total. The number of ether oxygens (including phenoxy) is 2. The van der Waals surface area contributed by atoms with E-state index in [0.29, 0.717) is 22.3 Å². The van der Waals surface area contributed by atoms with E-state index in [1.807, 2.05) is 59.9 Å². The quantitative estimate of drug-likeness (QED) is 0.279. The maximum absolute atomic E-state index is 13.1. The van der Waals surface area contributed by atoms with Crippen molar-refractivity contribution < 1.29 is 14.3 Å².